The van der Waals surface area contributed by atoms with Gasteiger partial charge in [0.05, 0.1) is 32.5 Å². The average molecular weight is 323 g/mol. The first-order chi connectivity index (χ1) is 11.1. The van der Waals surface area contributed by atoms with Crippen LogP contribution < -0.4 is 4.74 Å². The molecule has 0 saturated carbocycles. The number of benzene rings is 1. The van der Waals surface area contributed by atoms with Crippen molar-refractivity contribution in [3.63, 3.8) is 0 Å². The average Bonchev–Trinajstić information content (AvgIpc) is 3.01. The van der Waals surface area contributed by atoms with Gasteiger partial charge in [0.2, 0.25) is 0 Å². The van der Waals surface area contributed by atoms with E-state index in [-0.39, 0.29) is 6.10 Å². The molecule has 0 bridgehead atoms. The number of ether oxygens (including phenoxy) is 3. The molecule has 1 aliphatic rings. The molecule has 130 valence electrons. The molecule has 0 unspecified atom stereocenters. The van der Waals surface area contributed by atoms with E-state index in [0.29, 0.717) is 25.8 Å². The van der Waals surface area contributed by atoms with Crippen LogP contribution >= 0.6 is 0 Å². The van der Waals surface area contributed by atoms with Crippen molar-refractivity contribution in [3.8, 4) is 5.75 Å². The highest BCUT2D eigenvalue weighted by Gasteiger charge is 2.27. The third-order valence-electron chi connectivity index (χ3n) is 4.28. The molecule has 1 aliphatic heterocycles. The normalized spacial score (nSPS) is 21.3. The molecular weight excluding hydrogens is 294 g/mol. The van der Waals surface area contributed by atoms with Gasteiger partial charge in [-0.25, -0.2) is 0 Å². The maximum absolute atomic E-state index is 10.2. The second-order valence-corrected chi connectivity index (χ2v) is 6.18. The maximum Gasteiger partial charge on any atom is 0.118 e. The molecule has 1 fully saturated rings. The molecule has 5 heteroatoms. The van der Waals surface area contributed by atoms with Crippen LogP contribution in [-0.4, -0.2) is 62.7 Å². The van der Waals surface area contributed by atoms with Crippen molar-refractivity contribution in [2.24, 2.45) is 0 Å². The van der Waals surface area contributed by atoms with Gasteiger partial charge in [-0.1, -0.05) is 12.1 Å². The van der Waals surface area contributed by atoms with E-state index in [1.165, 1.54) is 5.56 Å². The van der Waals surface area contributed by atoms with Crippen LogP contribution in [-0.2, 0) is 9.47 Å². The first-order valence-electron chi connectivity index (χ1n) is 8.30. The van der Waals surface area contributed by atoms with Crippen LogP contribution in [0.5, 0.6) is 5.75 Å². The van der Waals surface area contributed by atoms with Crippen LogP contribution in [0.3, 0.4) is 0 Å². The monoisotopic (exact) mass is 323 g/mol. The van der Waals surface area contributed by atoms with Crippen LogP contribution in [0.1, 0.15) is 31.4 Å². The molecule has 0 spiro atoms. The molecule has 3 atom stereocenters. The molecule has 1 saturated heterocycles. The summed E-state index contributed by atoms with van der Waals surface area (Å²) in [5, 5.41) is 10.2. The van der Waals surface area contributed by atoms with Gasteiger partial charge >= 0.3 is 0 Å². The standard InChI is InChI=1S/C18H29NO4/c1-14(12-21-2)23-13-16(20)11-19-10-4-5-18(19)15-6-8-17(22-3)9-7-15/h6-9,14,16,18,20H,4-5,10-13H2,1-3H3/t14-,16+,18-/m0/s1. The molecule has 0 aliphatic carbocycles. The third kappa shape index (κ3) is 5.46. The van der Waals surface area contributed by atoms with E-state index in [9.17, 15) is 5.11 Å². The quantitative estimate of drug-likeness (QED) is 0.755. The number of aliphatic hydroxyl groups is 1. The predicted molar refractivity (Wildman–Crippen MR) is 89.8 cm³/mol. The van der Waals surface area contributed by atoms with E-state index in [2.05, 4.69) is 17.0 Å². The molecule has 1 N–H and O–H groups in total. The molecule has 0 radical (unpaired) electrons. The lowest BCUT2D eigenvalue weighted by Gasteiger charge is -2.27. The number of hydrogen-bond donors (Lipinski definition) is 1. The Kier molecular flexibility index (Phi) is 7.30. The van der Waals surface area contributed by atoms with E-state index in [1.54, 1.807) is 14.2 Å². The van der Waals surface area contributed by atoms with Crippen molar-refractivity contribution in [1.82, 2.24) is 4.90 Å². The van der Waals surface area contributed by atoms with Gasteiger partial charge in [0.1, 0.15) is 5.75 Å². The minimum Gasteiger partial charge on any atom is -0.497 e. The van der Waals surface area contributed by atoms with Gasteiger partial charge in [0.15, 0.2) is 0 Å². The van der Waals surface area contributed by atoms with E-state index in [0.717, 1.165) is 25.1 Å². The van der Waals surface area contributed by atoms with Crippen LogP contribution in [0.15, 0.2) is 24.3 Å². The van der Waals surface area contributed by atoms with Crippen LogP contribution in [0.25, 0.3) is 0 Å². The summed E-state index contributed by atoms with van der Waals surface area (Å²) in [4.78, 5) is 2.34. The molecule has 1 heterocycles. The number of β-amino-alcohol motifs (C(OH)–C–C–N with tert-alkyl or cyclic N) is 1. The Morgan fingerprint density at radius 2 is 1.96 bits per heavy atom. The Morgan fingerprint density at radius 3 is 2.61 bits per heavy atom. The fourth-order valence-corrected chi connectivity index (χ4v) is 3.13. The van der Waals surface area contributed by atoms with Gasteiger partial charge in [-0.15, -0.1) is 0 Å². The maximum atomic E-state index is 10.2. The van der Waals surface area contributed by atoms with E-state index < -0.39 is 6.10 Å². The number of likely N-dealkylation sites (tertiary alicyclic amines) is 1. The van der Waals surface area contributed by atoms with Crippen molar-refractivity contribution in [1.29, 1.82) is 0 Å². The third-order valence-corrected chi connectivity index (χ3v) is 4.28. The fraction of sp³-hybridized carbons (Fsp3) is 0.667. The molecule has 2 rings (SSSR count). The van der Waals surface area contributed by atoms with Crippen molar-refractivity contribution < 1.29 is 19.3 Å². The Hall–Kier alpha value is -1.14. The predicted octanol–water partition coefficient (Wildman–Crippen LogP) is 2.24. The summed E-state index contributed by atoms with van der Waals surface area (Å²) < 4.78 is 15.9. The Bertz CT molecular complexity index is 451. The molecule has 23 heavy (non-hydrogen) atoms. The Balaban J connectivity index is 1.85. The summed E-state index contributed by atoms with van der Waals surface area (Å²) in [6.07, 6.45) is 1.81. The minimum atomic E-state index is -0.479. The molecule has 5 nitrogen and oxygen atoms in total. The highest BCUT2D eigenvalue weighted by atomic mass is 16.5. The van der Waals surface area contributed by atoms with E-state index in [4.69, 9.17) is 14.2 Å². The van der Waals surface area contributed by atoms with Crippen LogP contribution in [0, 0.1) is 0 Å². The number of hydrogen-bond acceptors (Lipinski definition) is 5. The number of nitrogens with zero attached hydrogens (tertiary/aromatic N) is 1. The highest BCUT2D eigenvalue weighted by Crippen LogP contribution is 2.32. The van der Waals surface area contributed by atoms with Crippen molar-refractivity contribution in [3.05, 3.63) is 29.8 Å². The van der Waals surface area contributed by atoms with Gasteiger partial charge < -0.3 is 19.3 Å². The van der Waals surface area contributed by atoms with Crippen molar-refractivity contribution >= 4 is 0 Å². The topological polar surface area (TPSA) is 51.2 Å². The number of aliphatic hydroxyl groups excluding tert-OH is 1. The first kappa shape index (κ1) is 18.2. The van der Waals surface area contributed by atoms with Gasteiger partial charge in [-0.2, -0.15) is 0 Å². The lowest BCUT2D eigenvalue weighted by Crippen LogP contribution is -2.35. The van der Waals surface area contributed by atoms with Crippen LogP contribution in [0.2, 0.25) is 0 Å². The Morgan fingerprint density at radius 1 is 1.22 bits per heavy atom. The minimum absolute atomic E-state index is 0.00520. The van der Waals surface area contributed by atoms with E-state index in [1.807, 2.05) is 19.1 Å². The van der Waals surface area contributed by atoms with Crippen molar-refractivity contribution in [2.75, 3.05) is 40.5 Å². The van der Waals surface area contributed by atoms with Gasteiger partial charge in [-0.05, 0) is 44.0 Å². The summed E-state index contributed by atoms with van der Waals surface area (Å²) in [6, 6.07) is 8.60. The van der Waals surface area contributed by atoms with Gasteiger partial charge in [-0.3, -0.25) is 4.90 Å². The molecule has 1 aromatic carbocycles. The van der Waals surface area contributed by atoms with Crippen LogP contribution in [0.4, 0.5) is 0 Å². The zero-order valence-corrected chi connectivity index (χ0v) is 14.4. The first-order valence-corrected chi connectivity index (χ1v) is 8.30. The van der Waals surface area contributed by atoms with Gasteiger partial charge in [0.25, 0.3) is 0 Å². The summed E-state index contributed by atoms with van der Waals surface area (Å²) >= 11 is 0. The second-order valence-electron chi connectivity index (χ2n) is 6.18. The summed E-state index contributed by atoms with van der Waals surface area (Å²) in [5.74, 6) is 0.874. The summed E-state index contributed by atoms with van der Waals surface area (Å²) in [6.45, 7) is 4.49. The fourth-order valence-electron chi connectivity index (χ4n) is 3.13. The SMILES string of the molecule is COC[C@H](C)OC[C@H](O)CN1CCC[C@H]1c1ccc(OC)cc1. The summed E-state index contributed by atoms with van der Waals surface area (Å²) in [7, 11) is 3.33. The number of methoxy groups -OCH3 is 2. The van der Waals surface area contributed by atoms with Crippen molar-refractivity contribution in [2.45, 2.75) is 38.0 Å². The van der Waals surface area contributed by atoms with Gasteiger partial charge in [0, 0.05) is 19.7 Å². The molecule has 0 aromatic heterocycles. The smallest absolute Gasteiger partial charge is 0.118 e. The Labute approximate surface area is 139 Å². The lowest BCUT2D eigenvalue weighted by atomic mass is 10.0. The molecule has 0 amide bonds. The largest absolute Gasteiger partial charge is 0.497 e. The summed E-state index contributed by atoms with van der Waals surface area (Å²) in [5.41, 5.74) is 1.28. The second kappa shape index (κ2) is 9.23. The number of rotatable bonds is 9. The zero-order valence-electron chi connectivity index (χ0n) is 14.4. The lowest BCUT2D eigenvalue weighted by molar-refractivity contribution is -0.0406. The highest BCUT2D eigenvalue weighted by molar-refractivity contribution is 5.29. The molecule has 1 aromatic rings. The molecular formula is C18H29NO4. The zero-order chi connectivity index (χ0) is 16.7. The van der Waals surface area contributed by atoms with E-state index >= 15 is 0 Å².